The van der Waals surface area contributed by atoms with Gasteiger partial charge in [0, 0.05) is 29.8 Å². The van der Waals surface area contributed by atoms with Crippen molar-refractivity contribution in [1.82, 2.24) is 9.80 Å². The summed E-state index contributed by atoms with van der Waals surface area (Å²) in [5, 5.41) is 0.722. The fraction of sp³-hybridized carbons (Fsp3) is 0.600. The molecule has 1 atom stereocenters. The second-order valence-corrected chi connectivity index (χ2v) is 5.95. The van der Waals surface area contributed by atoms with Crippen LogP contribution in [0.15, 0.2) is 18.2 Å². The number of nitrogen functional groups attached to an aromatic ring is 1. The molecule has 106 valence electrons. The molecule has 1 unspecified atom stereocenters. The molecular formula is C15H24ClN3. The van der Waals surface area contributed by atoms with Crippen LogP contribution in [0.1, 0.15) is 25.3 Å². The van der Waals surface area contributed by atoms with Crippen LogP contribution in [0, 0.1) is 0 Å². The van der Waals surface area contributed by atoms with E-state index in [-0.39, 0.29) is 0 Å². The van der Waals surface area contributed by atoms with Gasteiger partial charge in [0.15, 0.2) is 0 Å². The van der Waals surface area contributed by atoms with E-state index < -0.39 is 0 Å². The minimum atomic E-state index is 0.700. The van der Waals surface area contributed by atoms with Gasteiger partial charge in [0.25, 0.3) is 0 Å². The summed E-state index contributed by atoms with van der Waals surface area (Å²) in [6, 6.07) is 6.50. The molecule has 1 aliphatic rings. The molecule has 0 aliphatic carbocycles. The monoisotopic (exact) mass is 281 g/mol. The lowest BCUT2D eigenvalue weighted by Crippen LogP contribution is -2.38. The first-order valence-corrected chi connectivity index (χ1v) is 7.44. The molecule has 0 amide bonds. The van der Waals surface area contributed by atoms with Crippen LogP contribution in [0.3, 0.4) is 0 Å². The minimum absolute atomic E-state index is 0.700. The Bertz CT molecular complexity index is 402. The second-order valence-electron chi connectivity index (χ2n) is 5.51. The molecule has 19 heavy (non-hydrogen) atoms. The third-order valence-electron chi connectivity index (χ3n) is 3.86. The van der Waals surface area contributed by atoms with Crippen molar-refractivity contribution < 1.29 is 0 Å². The first kappa shape index (κ1) is 14.6. The molecule has 1 aliphatic heterocycles. The SMILES string of the molecule is CCN1CCCC1CN(C)Cc1cc(N)cc(Cl)c1. The number of benzene rings is 1. The zero-order valence-electron chi connectivity index (χ0n) is 11.9. The summed E-state index contributed by atoms with van der Waals surface area (Å²) >= 11 is 6.04. The van der Waals surface area contributed by atoms with Crippen molar-refractivity contribution in [2.24, 2.45) is 0 Å². The zero-order chi connectivity index (χ0) is 13.8. The smallest absolute Gasteiger partial charge is 0.0429 e. The third-order valence-corrected chi connectivity index (χ3v) is 4.08. The lowest BCUT2D eigenvalue weighted by molar-refractivity contribution is 0.195. The van der Waals surface area contributed by atoms with Crippen molar-refractivity contribution >= 4 is 17.3 Å². The number of likely N-dealkylation sites (N-methyl/N-ethyl adjacent to an activating group) is 2. The fourth-order valence-electron chi connectivity index (χ4n) is 3.02. The van der Waals surface area contributed by atoms with Gasteiger partial charge in [-0.25, -0.2) is 0 Å². The molecule has 1 aromatic rings. The Morgan fingerprint density at radius 1 is 1.42 bits per heavy atom. The zero-order valence-corrected chi connectivity index (χ0v) is 12.7. The van der Waals surface area contributed by atoms with Crippen LogP contribution in [-0.2, 0) is 6.54 Å². The third kappa shape index (κ3) is 4.10. The summed E-state index contributed by atoms with van der Waals surface area (Å²) in [7, 11) is 2.17. The molecule has 4 heteroatoms. The lowest BCUT2D eigenvalue weighted by atomic mass is 10.1. The molecule has 2 rings (SSSR count). The topological polar surface area (TPSA) is 32.5 Å². The largest absolute Gasteiger partial charge is 0.399 e. The van der Waals surface area contributed by atoms with E-state index >= 15 is 0 Å². The van der Waals surface area contributed by atoms with E-state index in [0.29, 0.717) is 6.04 Å². The Morgan fingerprint density at radius 3 is 2.89 bits per heavy atom. The van der Waals surface area contributed by atoms with Crippen molar-refractivity contribution in [2.75, 3.05) is 32.4 Å². The summed E-state index contributed by atoms with van der Waals surface area (Å²) in [5.41, 5.74) is 7.76. The molecule has 0 spiro atoms. The second kappa shape index (κ2) is 6.60. The van der Waals surface area contributed by atoms with Gasteiger partial charge >= 0.3 is 0 Å². The van der Waals surface area contributed by atoms with Gasteiger partial charge in [-0.15, -0.1) is 0 Å². The highest BCUT2D eigenvalue weighted by molar-refractivity contribution is 6.30. The average Bonchev–Trinajstić information content (AvgIpc) is 2.74. The molecule has 1 saturated heterocycles. The number of anilines is 1. The molecular weight excluding hydrogens is 258 g/mol. The van der Waals surface area contributed by atoms with Crippen molar-refractivity contribution in [3.8, 4) is 0 Å². The van der Waals surface area contributed by atoms with E-state index in [0.717, 1.165) is 30.3 Å². The fourth-order valence-corrected chi connectivity index (χ4v) is 3.29. The number of halogens is 1. The summed E-state index contributed by atoms with van der Waals surface area (Å²) < 4.78 is 0. The number of nitrogens with two attached hydrogens (primary N) is 1. The van der Waals surface area contributed by atoms with Gasteiger partial charge in [-0.05, 0) is 56.7 Å². The number of hydrogen-bond donors (Lipinski definition) is 1. The van der Waals surface area contributed by atoms with Gasteiger partial charge in [0.2, 0.25) is 0 Å². The predicted molar refractivity (Wildman–Crippen MR) is 82.5 cm³/mol. The summed E-state index contributed by atoms with van der Waals surface area (Å²) in [6.07, 6.45) is 2.65. The summed E-state index contributed by atoms with van der Waals surface area (Å²) in [5.74, 6) is 0. The summed E-state index contributed by atoms with van der Waals surface area (Å²) in [4.78, 5) is 4.94. The quantitative estimate of drug-likeness (QED) is 0.843. The number of likely N-dealkylation sites (tertiary alicyclic amines) is 1. The van der Waals surface area contributed by atoms with E-state index in [4.69, 9.17) is 17.3 Å². The Balaban J connectivity index is 1.91. The molecule has 0 bridgehead atoms. The number of rotatable bonds is 5. The minimum Gasteiger partial charge on any atom is -0.399 e. The first-order chi connectivity index (χ1) is 9.08. The molecule has 0 saturated carbocycles. The van der Waals surface area contributed by atoms with Gasteiger partial charge in [0.1, 0.15) is 0 Å². The highest BCUT2D eigenvalue weighted by atomic mass is 35.5. The van der Waals surface area contributed by atoms with Gasteiger partial charge in [-0.1, -0.05) is 18.5 Å². The van der Waals surface area contributed by atoms with Crippen LogP contribution in [-0.4, -0.2) is 42.5 Å². The molecule has 1 fully saturated rings. The number of hydrogen-bond acceptors (Lipinski definition) is 3. The Labute approximate surface area is 121 Å². The first-order valence-electron chi connectivity index (χ1n) is 7.06. The van der Waals surface area contributed by atoms with E-state index in [1.54, 1.807) is 6.07 Å². The van der Waals surface area contributed by atoms with Gasteiger partial charge in [0.05, 0.1) is 0 Å². The highest BCUT2D eigenvalue weighted by Crippen LogP contribution is 2.20. The average molecular weight is 282 g/mol. The van der Waals surface area contributed by atoms with Crippen LogP contribution in [0.5, 0.6) is 0 Å². The maximum atomic E-state index is 6.04. The van der Waals surface area contributed by atoms with Crippen LogP contribution in [0.4, 0.5) is 5.69 Å². The molecule has 1 aromatic carbocycles. The Hall–Kier alpha value is -0.770. The van der Waals surface area contributed by atoms with Crippen molar-refractivity contribution in [3.05, 3.63) is 28.8 Å². The van der Waals surface area contributed by atoms with Crippen molar-refractivity contribution in [2.45, 2.75) is 32.4 Å². The Kier molecular flexibility index (Phi) is 5.08. The highest BCUT2D eigenvalue weighted by Gasteiger charge is 2.23. The van der Waals surface area contributed by atoms with Crippen molar-refractivity contribution in [3.63, 3.8) is 0 Å². The Morgan fingerprint density at radius 2 is 2.21 bits per heavy atom. The maximum Gasteiger partial charge on any atom is 0.0429 e. The van der Waals surface area contributed by atoms with E-state index in [2.05, 4.69) is 23.8 Å². The van der Waals surface area contributed by atoms with Crippen LogP contribution in [0.2, 0.25) is 5.02 Å². The van der Waals surface area contributed by atoms with Gasteiger partial charge in [-0.2, -0.15) is 0 Å². The molecule has 3 nitrogen and oxygen atoms in total. The predicted octanol–water partition coefficient (Wildman–Crippen LogP) is 2.84. The van der Waals surface area contributed by atoms with E-state index in [1.165, 1.54) is 24.9 Å². The normalized spacial score (nSPS) is 20.3. The molecule has 0 radical (unpaired) electrons. The van der Waals surface area contributed by atoms with Gasteiger partial charge < -0.3 is 10.6 Å². The molecule has 2 N–H and O–H groups in total. The van der Waals surface area contributed by atoms with Crippen LogP contribution >= 0.6 is 11.6 Å². The van der Waals surface area contributed by atoms with Crippen molar-refractivity contribution in [1.29, 1.82) is 0 Å². The maximum absolute atomic E-state index is 6.04. The van der Waals surface area contributed by atoms with Crippen LogP contribution < -0.4 is 5.73 Å². The van der Waals surface area contributed by atoms with Crippen LogP contribution in [0.25, 0.3) is 0 Å². The molecule has 1 heterocycles. The number of nitrogens with zero attached hydrogens (tertiary/aromatic N) is 2. The van der Waals surface area contributed by atoms with Gasteiger partial charge in [-0.3, -0.25) is 4.90 Å². The molecule has 0 aromatic heterocycles. The lowest BCUT2D eigenvalue weighted by Gasteiger charge is -2.27. The van der Waals surface area contributed by atoms with E-state index in [9.17, 15) is 0 Å². The van der Waals surface area contributed by atoms with E-state index in [1.807, 2.05) is 12.1 Å². The standard InChI is InChI=1S/C15H24ClN3/c1-3-19-6-4-5-15(19)11-18(2)10-12-7-13(16)9-14(17)8-12/h7-9,15H,3-6,10-11,17H2,1-2H3. The summed E-state index contributed by atoms with van der Waals surface area (Å²) in [6.45, 7) is 6.66.